The molecular weight excluding hydrogens is 302 g/mol. The van der Waals surface area contributed by atoms with E-state index in [2.05, 4.69) is 36.1 Å². The number of carbonyl (C=O) groups is 1. The molecule has 2 rings (SSSR count). The molecule has 1 aliphatic rings. The number of piperidine rings is 1. The molecule has 0 saturated carbocycles. The Morgan fingerprint density at radius 3 is 2.62 bits per heavy atom. The van der Waals surface area contributed by atoms with Crippen molar-refractivity contribution in [2.24, 2.45) is 5.92 Å². The Bertz CT molecular complexity index is 491. The topological polar surface area (TPSA) is 38.8 Å². The maximum atomic E-state index is 12.5. The zero-order chi connectivity index (χ0) is 17.4. The first-order valence-electron chi connectivity index (χ1n) is 9.24. The van der Waals surface area contributed by atoms with Crippen LogP contribution in [0.4, 0.5) is 0 Å². The summed E-state index contributed by atoms with van der Waals surface area (Å²) in [5.74, 6) is -0.334. The predicted octanol–water partition coefficient (Wildman–Crippen LogP) is 3.82. The Morgan fingerprint density at radius 2 is 1.96 bits per heavy atom. The Hall–Kier alpha value is -1.39. The van der Waals surface area contributed by atoms with Gasteiger partial charge in [-0.1, -0.05) is 36.8 Å². The first kappa shape index (κ1) is 18.9. The minimum atomic E-state index is -0.212. The fraction of sp³-hybridized carbons (Fsp3) is 0.650. The van der Waals surface area contributed by atoms with E-state index in [-0.39, 0.29) is 24.0 Å². The fourth-order valence-electron chi connectivity index (χ4n) is 3.65. The van der Waals surface area contributed by atoms with Crippen molar-refractivity contribution in [3.05, 3.63) is 35.9 Å². The summed E-state index contributed by atoms with van der Waals surface area (Å²) in [5, 5.41) is 0. The van der Waals surface area contributed by atoms with Crippen LogP contribution in [0.3, 0.4) is 0 Å². The summed E-state index contributed by atoms with van der Waals surface area (Å²) in [6, 6.07) is 11.0. The maximum absolute atomic E-state index is 12.5. The molecule has 1 heterocycles. The Balaban J connectivity index is 2.19. The lowest BCUT2D eigenvalue weighted by Crippen LogP contribution is -2.49. The van der Waals surface area contributed by atoms with Gasteiger partial charge in [0.25, 0.3) is 0 Å². The highest BCUT2D eigenvalue weighted by molar-refractivity contribution is 5.73. The van der Waals surface area contributed by atoms with E-state index in [4.69, 9.17) is 9.47 Å². The Morgan fingerprint density at radius 1 is 1.21 bits per heavy atom. The van der Waals surface area contributed by atoms with E-state index < -0.39 is 0 Å². The first-order valence-corrected chi connectivity index (χ1v) is 9.24. The van der Waals surface area contributed by atoms with E-state index in [1.54, 1.807) is 0 Å². The molecule has 134 valence electrons. The highest BCUT2D eigenvalue weighted by Gasteiger charge is 2.37. The van der Waals surface area contributed by atoms with Crippen molar-refractivity contribution in [1.29, 1.82) is 0 Å². The molecule has 0 radical (unpaired) electrons. The molecule has 0 aromatic heterocycles. The van der Waals surface area contributed by atoms with Crippen LogP contribution in [0.25, 0.3) is 0 Å². The number of nitrogens with zero attached hydrogens (tertiary/aromatic N) is 1. The summed E-state index contributed by atoms with van der Waals surface area (Å²) in [6.07, 6.45) is 3.36. The molecule has 24 heavy (non-hydrogen) atoms. The van der Waals surface area contributed by atoms with Gasteiger partial charge in [0.2, 0.25) is 0 Å². The average Bonchev–Trinajstić information content (AvgIpc) is 2.63. The van der Waals surface area contributed by atoms with E-state index in [0.717, 1.165) is 19.4 Å². The lowest BCUT2D eigenvalue weighted by atomic mass is 9.88. The molecule has 0 unspecified atom stereocenters. The lowest BCUT2D eigenvalue weighted by Gasteiger charge is -2.43. The smallest absolute Gasteiger partial charge is 0.312 e. The number of rotatable bonds is 8. The quantitative estimate of drug-likeness (QED) is 0.678. The largest absolute Gasteiger partial charge is 0.466 e. The van der Waals surface area contributed by atoms with Crippen LogP contribution >= 0.6 is 0 Å². The number of hydrogen-bond acceptors (Lipinski definition) is 4. The molecule has 1 aliphatic heterocycles. The number of hydrogen-bond donors (Lipinski definition) is 0. The van der Waals surface area contributed by atoms with Crippen LogP contribution in [-0.4, -0.2) is 43.3 Å². The standard InChI is InChI=1S/C20H31NO3/c1-4-23-15-18(20(22)24-5-2)19-13-9-10-14-21(19)16(3)17-11-7-6-8-12-17/h6-8,11-12,16,18-19H,4-5,9-10,13-15H2,1-3H3/t16-,18-,19+/m1/s1. The summed E-state index contributed by atoms with van der Waals surface area (Å²) in [5.41, 5.74) is 1.29. The minimum Gasteiger partial charge on any atom is -0.466 e. The fourth-order valence-corrected chi connectivity index (χ4v) is 3.65. The molecule has 0 aliphatic carbocycles. The van der Waals surface area contributed by atoms with Crippen molar-refractivity contribution in [2.75, 3.05) is 26.4 Å². The van der Waals surface area contributed by atoms with Gasteiger partial charge < -0.3 is 9.47 Å². The summed E-state index contributed by atoms with van der Waals surface area (Å²) >= 11 is 0. The van der Waals surface area contributed by atoms with Gasteiger partial charge in [-0.25, -0.2) is 0 Å². The van der Waals surface area contributed by atoms with Crippen LogP contribution in [0.1, 0.15) is 51.6 Å². The number of esters is 1. The number of carbonyl (C=O) groups excluding carboxylic acids is 1. The van der Waals surface area contributed by atoms with Crippen molar-refractivity contribution >= 4 is 5.97 Å². The van der Waals surface area contributed by atoms with Crippen LogP contribution in [0.15, 0.2) is 30.3 Å². The molecule has 1 aromatic carbocycles. The van der Waals surface area contributed by atoms with Gasteiger partial charge in [-0.05, 0) is 45.7 Å². The van der Waals surface area contributed by atoms with Crippen LogP contribution in [0, 0.1) is 5.92 Å². The van der Waals surface area contributed by atoms with Gasteiger partial charge in [0, 0.05) is 18.7 Å². The second-order valence-corrected chi connectivity index (χ2v) is 6.41. The van der Waals surface area contributed by atoms with Crippen LogP contribution in [-0.2, 0) is 14.3 Å². The van der Waals surface area contributed by atoms with Gasteiger partial charge in [0.05, 0.1) is 19.1 Å². The van der Waals surface area contributed by atoms with Crippen molar-refractivity contribution in [1.82, 2.24) is 4.90 Å². The van der Waals surface area contributed by atoms with E-state index in [1.807, 2.05) is 19.9 Å². The molecular formula is C20H31NO3. The predicted molar refractivity (Wildman–Crippen MR) is 95.8 cm³/mol. The third-order valence-electron chi connectivity index (χ3n) is 4.93. The first-order chi connectivity index (χ1) is 11.7. The van der Waals surface area contributed by atoms with E-state index in [1.165, 1.54) is 12.0 Å². The summed E-state index contributed by atoms with van der Waals surface area (Å²) in [4.78, 5) is 15.0. The summed E-state index contributed by atoms with van der Waals surface area (Å²) in [7, 11) is 0. The Kier molecular flexibility index (Phi) is 7.73. The van der Waals surface area contributed by atoms with E-state index in [9.17, 15) is 4.79 Å². The maximum Gasteiger partial charge on any atom is 0.312 e. The van der Waals surface area contributed by atoms with Crippen LogP contribution in [0.2, 0.25) is 0 Å². The molecule has 4 heteroatoms. The zero-order valence-corrected chi connectivity index (χ0v) is 15.2. The summed E-state index contributed by atoms with van der Waals surface area (Å²) in [6.45, 7) is 8.56. The highest BCUT2D eigenvalue weighted by atomic mass is 16.5. The summed E-state index contributed by atoms with van der Waals surface area (Å²) < 4.78 is 11.0. The van der Waals surface area contributed by atoms with Gasteiger partial charge in [-0.3, -0.25) is 9.69 Å². The van der Waals surface area contributed by atoms with Crippen molar-refractivity contribution in [3.63, 3.8) is 0 Å². The van der Waals surface area contributed by atoms with Gasteiger partial charge in [-0.2, -0.15) is 0 Å². The molecule has 0 N–H and O–H groups in total. The number of benzene rings is 1. The Labute approximate surface area is 146 Å². The molecule has 0 spiro atoms. The van der Waals surface area contributed by atoms with Gasteiger partial charge in [-0.15, -0.1) is 0 Å². The van der Waals surface area contributed by atoms with Crippen molar-refractivity contribution in [2.45, 2.75) is 52.1 Å². The second-order valence-electron chi connectivity index (χ2n) is 6.41. The molecule has 1 fully saturated rings. The third kappa shape index (κ3) is 4.81. The molecule has 4 nitrogen and oxygen atoms in total. The average molecular weight is 333 g/mol. The SMILES string of the molecule is CCOC[C@@H](C(=O)OCC)[C@@H]1CCCCN1[C@H](C)c1ccccc1. The minimum absolute atomic E-state index is 0.122. The lowest BCUT2D eigenvalue weighted by molar-refractivity contribution is -0.154. The van der Waals surface area contributed by atoms with E-state index >= 15 is 0 Å². The third-order valence-corrected chi connectivity index (χ3v) is 4.93. The molecule has 3 atom stereocenters. The van der Waals surface area contributed by atoms with E-state index in [0.29, 0.717) is 19.8 Å². The number of ether oxygens (including phenoxy) is 2. The normalized spacial score (nSPS) is 21.2. The van der Waals surface area contributed by atoms with Crippen molar-refractivity contribution in [3.8, 4) is 0 Å². The molecule has 1 saturated heterocycles. The van der Waals surface area contributed by atoms with Gasteiger partial charge >= 0.3 is 5.97 Å². The molecule has 0 amide bonds. The van der Waals surface area contributed by atoms with Crippen LogP contribution < -0.4 is 0 Å². The molecule has 0 bridgehead atoms. The monoisotopic (exact) mass is 333 g/mol. The van der Waals surface area contributed by atoms with Gasteiger partial charge in [0.15, 0.2) is 0 Å². The van der Waals surface area contributed by atoms with Crippen LogP contribution in [0.5, 0.6) is 0 Å². The second kappa shape index (κ2) is 9.80. The van der Waals surface area contributed by atoms with Gasteiger partial charge in [0.1, 0.15) is 0 Å². The number of likely N-dealkylation sites (tertiary alicyclic amines) is 1. The van der Waals surface area contributed by atoms with Crippen molar-refractivity contribution < 1.29 is 14.3 Å². The highest BCUT2D eigenvalue weighted by Crippen LogP contribution is 2.32. The molecule has 1 aromatic rings. The zero-order valence-electron chi connectivity index (χ0n) is 15.2.